The molecule has 44 heavy (non-hydrogen) atoms. The van der Waals surface area contributed by atoms with Crippen molar-refractivity contribution in [2.75, 3.05) is 31.6 Å². The molecule has 0 atom stereocenters. The number of alkyl halides is 6. The Balaban J connectivity index is 0.000000860. The molecule has 0 bridgehead atoms. The van der Waals surface area contributed by atoms with E-state index in [0.29, 0.717) is 13.2 Å². The van der Waals surface area contributed by atoms with Crippen molar-refractivity contribution in [1.29, 1.82) is 0 Å². The summed E-state index contributed by atoms with van der Waals surface area (Å²) in [5.74, 6) is -1.83. The number of carboxylic acids is 1. The number of benzene rings is 1. The molecule has 0 aliphatic rings. The van der Waals surface area contributed by atoms with Gasteiger partial charge >= 0.3 is 18.3 Å². The maximum Gasteiger partial charge on any atom is 0.490 e. The van der Waals surface area contributed by atoms with Crippen LogP contribution in [-0.4, -0.2) is 74.7 Å². The Labute approximate surface area is 250 Å². The summed E-state index contributed by atoms with van der Waals surface area (Å²) in [6.07, 6.45) is -2.36. The van der Waals surface area contributed by atoms with E-state index in [2.05, 4.69) is 26.6 Å². The molecule has 0 saturated heterocycles. The predicted molar refractivity (Wildman–Crippen MR) is 144 cm³/mol. The van der Waals surface area contributed by atoms with Gasteiger partial charge in [-0.25, -0.2) is 9.78 Å². The van der Waals surface area contributed by atoms with Gasteiger partial charge in [0, 0.05) is 32.0 Å². The van der Waals surface area contributed by atoms with Gasteiger partial charge < -0.3 is 30.8 Å². The number of anilines is 1. The molecule has 0 radical (unpaired) electrons. The van der Waals surface area contributed by atoms with E-state index >= 15 is 0 Å². The summed E-state index contributed by atoms with van der Waals surface area (Å²) in [6.45, 7) is 1.13. The normalized spacial score (nSPS) is 11.3. The largest absolute Gasteiger partial charge is 0.490 e. The van der Waals surface area contributed by atoms with Crippen molar-refractivity contribution >= 4 is 35.1 Å². The molecular formula is C25H24ClF6N7O5. The van der Waals surface area contributed by atoms with E-state index in [1.165, 1.54) is 29.8 Å². The number of terminal acetylenes is 1. The van der Waals surface area contributed by atoms with Crippen LogP contribution in [0.3, 0.4) is 0 Å². The van der Waals surface area contributed by atoms with Crippen LogP contribution in [0.25, 0.3) is 11.3 Å². The number of ether oxygens (including phenoxy) is 1. The fraction of sp³-hybridized carbons (Fsp3) is 0.320. The third-order valence-corrected chi connectivity index (χ3v) is 5.57. The summed E-state index contributed by atoms with van der Waals surface area (Å²) in [4.78, 5) is 38.0. The van der Waals surface area contributed by atoms with Crippen LogP contribution >= 0.6 is 11.6 Å². The van der Waals surface area contributed by atoms with Gasteiger partial charge in [-0.3, -0.25) is 14.3 Å². The van der Waals surface area contributed by atoms with Crippen LogP contribution in [0, 0.1) is 12.3 Å². The second-order valence-electron chi connectivity index (χ2n) is 8.43. The summed E-state index contributed by atoms with van der Waals surface area (Å²) in [5.41, 5.74) is 4.34. The van der Waals surface area contributed by atoms with Crippen molar-refractivity contribution in [2.45, 2.75) is 18.9 Å². The average Bonchev–Trinajstić information content (AvgIpc) is 3.52. The number of hydrogen-bond acceptors (Lipinski definition) is 7. The topological polar surface area (TPSA) is 166 Å². The van der Waals surface area contributed by atoms with Crippen LogP contribution in [0.15, 0.2) is 30.6 Å². The SMILES string of the molecule is C#CCn1cc(-c2cnc(C(=O)Nc3ccc(C(=O)NCCOCCN)c(Cl)c3)n2C)c(C(F)(F)F)n1.O=C(O)C(F)(F)F. The van der Waals surface area contributed by atoms with Gasteiger partial charge in [-0.1, -0.05) is 17.5 Å². The van der Waals surface area contributed by atoms with Crippen molar-refractivity contribution in [3.63, 3.8) is 0 Å². The van der Waals surface area contributed by atoms with Gasteiger partial charge in [-0.05, 0) is 18.2 Å². The zero-order valence-corrected chi connectivity index (χ0v) is 23.3. The number of nitrogens with two attached hydrogens (primary N) is 1. The van der Waals surface area contributed by atoms with E-state index in [4.69, 9.17) is 38.4 Å². The van der Waals surface area contributed by atoms with E-state index in [9.17, 15) is 35.9 Å². The lowest BCUT2D eigenvalue weighted by Crippen LogP contribution is -2.28. The van der Waals surface area contributed by atoms with Crippen LogP contribution < -0.4 is 16.4 Å². The van der Waals surface area contributed by atoms with E-state index in [1.54, 1.807) is 0 Å². The Morgan fingerprint density at radius 2 is 1.82 bits per heavy atom. The third kappa shape index (κ3) is 9.72. The molecule has 238 valence electrons. The van der Waals surface area contributed by atoms with E-state index in [-0.39, 0.29) is 53.1 Å². The standard InChI is InChI=1S/C23H23ClF3N7O3.C2HF3O2/c1-3-8-34-13-16(19(32-34)23(25,26)27)18-12-30-20(33(18)2)22(36)31-14-4-5-15(17(24)11-14)21(35)29-7-10-37-9-6-28;3-2(4,5)1(6)7/h1,4-5,11-13H,6-10,28H2,2H3,(H,29,35)(H,31,36);(H,6,7). The molecule has 0 saturated carbocycles. The molecule has 3 aromatic rings. The number of rotatable bonds is 10. The minimum absolute atomic E-state index is 0.0150. The number of imidazole rings is 1. The molecule has 5 N–H and O–H groups in total. The number of aromatic nitrogens is 4. The first-order chi connectivity index (χ1) is 20.5. The second-order valence-corrected chi connectivity index (χ2v) is 8.83. The lowest BCUT2D eigenvalue weighted by molar-refractivity contribution is -0.192. The maximum absolute atomic E-state index is 13.5. The highest BCUT2D eigenvalue weighted by atomic mass is 35.5. The Kier molecular flexibility index (Phi) is 12.3. The predicted octanol–water partition coefficient (Wildman–Crippen LogP) is 3.18. The Morgan fingerprint density at radius 3 is 2.36 bits per heavy atom. The highest BCUT2D eigenvalue weighted by Gasteiger charge is 2.39. The molecule has 2 aromatic heterocycles. The van der Waals surface area contributed by atoms with Gasteiger partial charge in [-0.15, -0.1) is 6.42 Å². The van der Waals surface area contributed by atoms with Crippen LogP contribution in [-0.2, 0) is 29.3 Å². The Bertz CT molecular complexity index is 1530. The van der Waals surface area contributed by atoms with Crippen LogP contribution in [0.2, 0.25) is 5.02 Å². The lowest BCUT2D eigenvalue weighted by atomic mass is 10.2. The molecule has 0 aliphatic carbocycles. The lowest BCUT2D eigenvalue weighted by Gasteiger charge is -2.10. The number of hydrogen-bond donors (Lipinski definition) is 4. The van der Waals surface area contributed by atoms with E-state index in [1.807, 2.05) is 0 Å². The van der Waals surface area contributed by atoms with Crippen molar-refractivity contribution in [3.05, 3.63) is 52.7 Å². The zero-order chi connectivity index (χ0) is 33.2. The quantitative estimate of drug-likeness (QED) is 0.147. The third-order valence-electron chi connectivity index (χ3n) is 5.26. The fourth-order valence-corrected chi connectivity index (χ4v) is 3.61. The molecule has 0 fully saturated rings. The van der Waals surface area contributed by atoms with Gasteiger partial charge in [0.25, 0.3) is 11.8 Å². The summed E-state index contributed by atoms with van der Waals surface area (Å²) in [5, 5.41) is 15.9. The second kappa shape index (κ2) is 15.2. The molecular weight excluding hydrogens is 628 g/mol. The number of carboxylic acid groups (broad SMARTS) is 1. The van der Waals surface area contributed by atoms with Gasteiger partial charge in [0.1, 0.15) is 6.54 Å². The molecule has 2 amide bonds. The molecule has 2 heterocycles. The summed E-state index contributed by atoms with van der Waals surface area (Å²) >= 11 is 6.21. The molecule has 12 nitrogen and oxygen atoms in total. The van der Waals surface area contributed by atoms with Gasteiger partial charge in [0.2, 0.25) is 0 Å². The first kappa shape index (κ1) is 35.6. The average molecular weight is 652 g/mol. The number of carbonyl (C=O) groups excluding carboxylic acids is 2. The summed E-state index contributed by atoms with van der Waals surface area (Å²) in [6, 6.07) is 4.25. The number of aliphatic carboxylic acids is 1. The van der Waals surface area contributed by atoms with Crippen molar-refractivity contribution in [2.24, 2.45) is 12.8 Å². The Hall–Kier alpha value is -4.60. The fourth-order valence-electron chi connectivity index (χ4n) is 3.34. The van der Waals surface area contributed by atoms with Crippen molar-refractivity contribution in [3.8, 4) is 23.6 Å². The van der Waals surface area contributed by atoms with E-state index < -0.39 is 35.8 Å². The van der Waals surface area contributed by atoms with Gasteiger partial charge in [0.15, 0.2) is 11.5 Å². The summed E-state index contributed by atoms with van der Waals surface area (Å²) < 4.78 is 79.7. The number of halogens is 7. The highest BCUT2D eigenvalue weighted by Crippen LogP contribution is 2.36. The number of carbonyl (C=O) groups is 3. The molecule has 19 heteroatoms. The summed E-state index contributed by atoms with van der Waals surface area (Å²) in [7, 11) is 1.40. The highest BCUT2D eigenvalue weighted by molar-refractivity contribution is 6.34. The first-order valence-electron chi connectivity index (χ1n) is 12.1. The molecule has 0 spiro atoms. The number of nitrogens with one attached hydrogen (secondary N) is 2. The zero-order valence-electron chi connectivity index (χ0n) is 22.6. The van der Waals surface area contributed by atoms with Crippen LogP contribution in [0.1, 0.15) is 26.7 Å². The first-order valence-corrected chi connectivity index (χ1v) is 12.5. The minimum atomic E-state index is -5.08. The molecule has 1 aromatic carbocycles. The molecule has 0 aliphatic heterocycles. The van der Waals surface area contributed by atoms with Crippen LogP contribution in [0.5, 0.6) is 0 Å². The maximum atomic E-state index is 13.5. The van der Waals surface area contributed by atoms with Crippen LogP contribution in [0.4, 0.5) is 32.0 Å². The van der Waals surface area contributed by atoms with Crippen molar-refractivity contribution < 1.29 is 50.6 Å². The number of amides is 2. The Morgan fingerprint density at radius 1 is 1.16 bits per heavy atom. The molecule has 0 unspecified atom stereocenters. The van der Waals surface area contributed by atoms with Gasteiger partial charge in [0.05, 0.1) is 41.3 Å². The number of nitrogens with zero attached hydrogens (tertiary/aromatic N) is 4. The van der Waals surface area contributed by atoms with Gasteiger partial charge in [-0.2, -0.15) is 31.4 Å². The molecule has 3 rings (SSSR count). The monoisotopic (exact) mass is 651 g/mol. The van der Waals surface area contributed by atoms with E-state index in [0.717, 1.165) is 17.1 Å². The smallest absolute Gasteiger partial charge is 0.475 e. The van der Waals surface area contributed by atoms with Crippen molar-refractivity contribution in [1.82, 2.24) is 24.6 Å². The minimum Gasteiger partial charge on any atom is -0.475 e.